The SMILES string of the molecule is Cc1c(NC2CCCc3c2cnn3Cc2ccccc2)nn2c(C(F)(F)F)nnc2c1C. The monoisotopic (exact) mass is 441 g/mol. The van der Waals surface area contributed by atoms with Gasteiger partial charge >= 0.3 is 6.18 Å². The van der Waals surface area contributed by atoms with Crippen molar-refractivity contribution < 1.29 is 13.2 Å². The van der Waals surface area contributed by atoms with Crippen LogP contribution in [0.2, 0.25) is 0 Å². The van der Waals surface area contributed by atoms with Crippen LogP contribution in [-0.2, 0) is 19.1 Å². The maximum Gasteiger partial charge on any atom is 0.453 e. The minimum atomic E-state index is -4.64. The summed E-state index contributed by atoms with van der Waals surface area (Å²) in [5, 5.41) is 19.2. The molecule has 1 aliphatic rings. The molecule has 166 valence electrons. The largest absolute Gasteiger partial charge is 0.453 e. The fourth-order valence-electron chi connectivity index (χ4n) is 4.27. The highest BCUT2D eigenvalue weighted by molar-refractivity contribution is 5.59. The van der Waals surface area contributed by atoms with Gasteiger partial charge in [-0.15, -0.1) is 15.3 Å². The van der Waals surface area contributed by atoms with Crippen molar-refractivity contribution in [1.82, 2.24) is 29.6 Å². The Morgan fingerprint density at radius 1 is 1.09 bits per heavy atom. The number of benzene rings is 1. The van der Waals surface area contributed by atoms with Crippen molar-refractivity contribution in [2.75, 3.05) is 5.32 Å². The lowest BCUT2D eigenvalue weighted by molar-refractivity contribution is -0.146. The first-order valence-electron chi connectivity index (χ1n) is 10.5. The number of rotatable bonds is 4. The van der Waals surface area contributed by atoms with Gasteiger partial charge in [-0.05, 0) is 44.2 Å². The van der Waals surface area contributed by atoms with Crippen LogP contribution in [0.3, 0.4) is 0 Å². The van der Waals surface area contributed by atoms with E-state index in [1.807, 2.05) is 36.0 Å². The zero-order chi connectivity index (χ0) is 22.5. The third-order valence-electron chi connectivity index (χ3n) is 6.10. The van der Waals surface area contributed by atoms with E-state index in [0.29, 0.717) is 17.9 Å². The molecule has 1 atom stereocenters. The molecule has 1 aliphatic carbocycles. The van der Waals surface area contributed by atoms with Gasteiger partial charge in [-0.2, -0.15) is 22.8 Å². The third kappa shape index (κ3) is 3.49. The van der Waals surface area contributed by atoms with Crippen LogP contribution in [0, 0.1) is 13.8 Å². The fourth-order valence-corrected chi connectivity index (χ4v) is 4.27. The predicted molar refractivity (Wildman–Crippen MR) is 112 cm³/mol. The van der Waals surface area contributed by atoms with E-state index in [-0.39, 0.29) is 11.7 Å². The quantitative estimate of drug-likeness (QED) is 0.505. The van der Waals surface area contributed by atoms with E-state index in [1.165, 1.54) is 5.56 Å². The van der Waals surface area contributed by atoms with Gasteiger partial charge in [0.1, 0.15) is 0 Å². The van der Waals surface area contributed by atoms with Crippen LogP contribution in [0.5, 0.6) is 0 Å². The van der Waals surface area contributed by atoms with Crippen molar-refractivity contribution in [3.63, 3.8) is 0 Å². The molecule has 10 heteroatoms. The van der Waals surface area contributed by atoms with Gasteiger partial charge in [0.15, 0.2) is 11.5 Å². The standard InChI is InChI=1S/C22H22F3N7/c1-13-14(2)20-28-29-21(22(23,24)25)32(20)30-19(13)27-17-9-6-10-18-16(17)11-26-31(18)12-15-7-4-3-5-8-15/h3-5,7-8,11,17H,6,9-10,12H2,1-2H3,(H,27,30). The summed E-state index contributed by atoms with van der Waals surface area (Å²) in [6.45, 7) is 4.24. The zero-order valence-corrected chi connectivity index (χ0v) is 17.7. The molecule has 0 radical (unpaired) electrons. The second kappa shape index (κ2) is 7.61. The van der Waals surface area contributed by atoms with Crippen molar-refractivity contribution in [3.05, 3.63) is 70.3 Å². The average Bonchev–Trinajstić information content (AvgIpc) is 3.38. The molecule has 7 nitrogen and oxygen atoms in total. The highest BCUT2D eigenvalue weighted by Crippen LogP contribution is 2.35. The van der Waals surface area contributed by atoms with Gasteiger partial charge < -0.3 is 5.32 Å². The lowest BCUT2D eigenvalue weighted by Gasteiger charge is -2.25. The predicted octanol–water partition coefficient (Wildman–Crippen LogP) is 4.49. The Labute approximate surface area is 182 Å². The highest BCUT2D eigenvalue weighted by Gasteiger charge is 2.38. The Bertz CT molecular complexity index is 1270. The molecular formula is C22H22F3N7. The molecule has 0 spiro atoms. The molecule has 1 N–H and O–H groups in total. The van der Waals surface area contributed by atoms with Crippen molar-refractivity contribution >= 4 is 11.5 Å². The Kier molecular flexibility index (Phi) is 4.87. The van der Waals surface area contributed by atoms with Crippen LogP contribution < -0.4 is 5.32 Å². The summed E-state index contributed by atoms with van der Waals surface area (Å²) in [5.74, 6) is -0.729. The summed E-state index contributed by atoms with van der Waals surface area (Å²) < 4.78 is 42.9. The van der Waals surface area contributed by atoms with E-state index >= 15 is 0 Å². The lowest BCUT2D eigenvalue weighted by Crippen LogP contribution is -2.21. The van der Waals surface area contributed by atoms with Gasteiger partial charge in [-0.1, -0.05) is 30.3 Å². The van der Waals surface area contributed by atoms with Crippen LogP contribution in [0.15, 0.2) is 36.5 Å². The smallest absolute Gasteiger partial charge is 0.361 e. The number of hydrogen-bond donors (Lipinski definition) is 1. The number of nitrogens with one attached hydrogen (secondary N) is 1. The summed E-state index contributed by atoms with van der Waals surface area (Å²) in [4.78, 5) is 0. The second-order valence-electron chi connectivity index (χ2n) is 8.13. The van der Waals surface area contributed by atoms with E-state index in [2.05, 4.69) is 37.8 Å². The summed E-state index contributed by atoms with van der Waals surface area (Å²) in [6.07, 6.45) is -0.0748. The summed E-state index contributed by atoms with van der Waals surface area (Å²) in [5.41, 5.74) is 4.85. The Morgan fingerprint density at radius 3 is 2.62 bits per heavy atom. The normalized spacial score (nSPS) is 16.3. The summed E-state index contributed by atoms with van der Waals surface area (Å²) in [7, 11) is 0. The van der Waals surface area contributed by atoms with Gasteiger partial charge in [-0.3, -0.25) is 4.68 Å². The van der Waals surface area contributed by atoms with Gasteiger partial charge in [0, 0.05) is 16.8 Å². The number of hydrogen-bond acceptors (Lipinski definition) is 5. The first-order valence-corrected chi connectivity index (χ1v) is 10.5. The van der Waals surface area contributed by atoms with Crippen LogP contribution in [0.1, 0.15) is 52.7 Å². The molecule has 0 fully saturated rings. The molecule has 0 bridgehead atoms. The molecule has 0 saturated carbocycles. The zero-order valence-electron chi connectivity index (χ0n) is 17.7. The molecule has 1 unspecified atom stereocenters. The molecule has 3 aromatic heterocycles. The number of alkyl halides is 3. The number of fused-ring (bicyclic) bond motifs is 2. The van der Waals surface area contributed by atoms with E-state index in [9.17, 15) is 13.2 Å². The molecule has 3 heterocycles. The maximum absolute atomic E-state index is 13.4. The first kappa shape index (κ1) is 20.5. The minimum Gasteiger partial charge on any atom is -0.361 e. The molecule has 0 saturated heterocycles. The first-order chi connectivity index (χ1) is 15.3. The molecular weight excluding hydrogens is 419 g/mol. The number of halogens is 3. The molecule has 5 rings (SSSR count). The Hall–Kier alpha value is -3.43. The molecule has 0 amide bonds. The minimum absolute atomic E-state index is 0.0860. The number of aryl methyl sites for hydroxylation is 1. The van der Waals surface area contributed by atoms with Crippen molar-refractivity contribution in [3.8, 4) is 0 Å². The molecule has 1 aromatic carbocycles. The molecule has 4 aromatic rings. The number of anilines is 1. The third-order valence-corrected chi connectivity index (χ3v) is 6.10. The fraction of sp³-hybridized carbons (Fsp3) is 0.364. The van der Waals surface area contributed by atoms with Crippen LogP contribution in [-0.4, -0.2) is 29.6 Å². The lowest BCUT2D eigenvalue weighted by atomic mass is 9.92. The highest BCUT2D eigenvalue weighted by atomic mass is 19.4. The number of nitrogens with zero attached hydrogens (tertiary/aromatic N) is 6. The van der Waals surface area contributed by atoms with Crippen molar-refractivity contribution in [2.24, 2.45) is 0 Å². The van der Waals surface area contributed by atoms with Crippen molar-refractivity contribution in [2.45, 2.75) is 51.9 Å². The van der Waals surface area contributed by atoms with E-state index in [0.717, 1.165) is 40.6 Å². The Morgan fingerprint density at radius 2 is 1.88 bits per heavy atom. The van der Waals surface area contributed by atoms with Gasteiger partial charge in [0.05, 0.1) is 18.8 Å². The molecule has 32 heavy (non-hydrogen) atoms. The maximum atomic E-state index is 13.4. The summed E-state index contributed by atoms with van der Waals surface area (Å²) >= 11 is 0. The van der Waals surface area contributed by atoms with E-state index in [1.54, 1.807) is 6.92 Å². The second-order valence-corrected chi connectivity index (χ2v) is 8.13. The molecule has 0 aliphatic heterocycles. The van der Waals surface area contributed by atoms with Gasteiger partial charge in [0.25, 0.3) is 5.82 Å². The topological polar surface area (TPSA) is 72.9 Å². The van der Waals surface area contributed by atoms with E-state index in [4.69, 9.17) is 0 Å². The van der Waals surface area contributed by atoms with Gasteiger partial charge in [0.2, 0.25) is 0 Å². The van der Waals surface area contributed by atoms with Crippen LogP contribution >= 0.6 is 0 Å². The number of aromatic nitrogens is 6. The van der Waals surface area contributed by atoms with Crippen LogP contribution in [0.25, 0.3) is 5.65 Å². The van der Waals surface area contributed by atoms with Crippen LogP contribution in [0.4, 0.5) is 19.0 Å². The van der Waals surface area contributed by atoms with Crippen molar-refractivity contribution in [1.29, 1.82) is 0 Å². The van der Waals surface area contributed by atoms with Gasteiger partial charge in [-0.25, -0.2) is 0 Å². The average molecular weight is 441 g/mol. The van der Waals surface area contributed by atoms with E-state index < -0.39 is 12.0 Å². The summed E-state index contributed by atoms with van der Waals surface area (Å²) in [6, 6.07) is 10.0. The Balaban J connectivity index is 1.49.